The molecule has 0 aliphatic heterocycles. The summed E-state index contributed by atoms with van der Waals surface area (Å²) in [4.78, 5) is 33.4. The number of carbonyl (C=O) groups excluding carboxylic acids is 1. The maximum Gasteiger partial charge on any atom is 0.263 e. The molecule has 1 amide bonds. The van der Waals surface area contributed by atoms with Gasteiger partial charge in [-0.25, -0.2) is 4.98 Å². The molecular weight excluding hydrogens is 464 g/mol. The van der Waals surface area contributed by atoms with Crippen LogP contribution in [0.5, 0.6) is 0 Å². The molecule has 2 aromatic heterocycles. The minimum absolute atomic E-state index is 0.00285. The molecule has 3 aromatic rings. The maximum absolute atomic E-state index is 13.7. The Morgan fingerprint density at radius 1 is 1.29 bits per heavy atom. The Labute approximate surface area is 207 Å². The van der Waals surface area contributed by atoms with Gasteiger partial charge in [0.1, 0.15) is 10.4 Å². The van der Waals surface area contributed by atoms with E-state index in [9.17, 15) is 14.9 Å². The van der Waals surface area contributed by atoms with Crippen LogP contribution in [0.3, 0.4) is 0 Å². The Morgan fingerprint density at radius 3 is 2.79 bits per heavy atom. The van der Waals surface area contributed by atoms with Gasteiger partial charge in [-0.15, -0.1) is 11.3 Å². The third-order valence-electron chi connectivity index (χ3n) is 6.86. The number of thioether (sulfide) groups is 1. The first kappa shape index (κ1) is 23.1. The number of carbonyl (C=O) groups is 1. The molecule has 0 radical (unpaired) electrons. The van der Waals surface area contributed by atoms with E-state index in [1.165, 1.54) is 22.2 Å². The first-order valence-corrected chi connectivity index (χ1v) is 13.7. The van der Waals surface area contributed by atoms with E-state index in [-0.39, 0.29) is 23.1 Å². The van der Waals surface area contributed by atoms with Gasteiger partial charge >= 0.3 is 0 Å². The molecule has 1 N–H and O–H groups in total. The zero-order valence-electron chi connectivity index (χ0n) is 19.3. The predicted octanol–water partition coefficient (Wildman–Crippen LogP) is 4.48. The van der Waals surface area contributed by atoms with Crippen LogP contribution in [0, 0.1) is 17.2 Å². The van der Waals surface area contributed by atoms with Gasteiger partial charge in [0.15, 0.2) is 5.16 Å². The highest BCUT2D eigenvalue weighted by Gasteiger charge is 2.43. The van der Waals surface area contributed by atoms with Crippen molar-refractivity contribution in [2.24, 2.45) is 5.92 Å². The van der Waals surface area contributed by atoms with Crippen LogP contribution in [0.2, 0.25) is 0 Å². The summed E-state index contributed by atoms with van der Waals surface area (Å²) in [5.41, 5.74) is 1.52. The summed E-state index contributed by atoms with van der Waals surface area (Å²) < 4.78 is 1.75. The zero-order chi connectivity index (χ0) is 23.7. The van der Waals surface area contributed by atoms with E-state index < -0.39 is 5.54 Å². The van der Waals surface area contributed by atoms with Crippen LogP contribution in [0.25, 0.3) is 10.2 Å². The Balaban J connectivity index is 1.43. The van der Waals surface area contributed by atoms with Crippen LogP contribution in [-0.2, 0) is 30.6 Å². The van der Waals surface area contributed by atoms with Gasteiger partial charge in [0.25, 0.3) is 5.56 Å². The summed E-state index contributed by atoms with van der Waals surface area (Å²) in [5.74, 6) is 0.149. The van der Waals surface area contributed by atoms with Gasteiger partial charge in [-0.1, -0.05) is 42.1 Å². The lowest BCUT2D eigenvalue weighted by molar-refractivity contribution is -0.119. The van der Waals surface area contributed by atoms with E-state index in [0.29, 0.717) is 18.1 Å². The molecule has 176 valence electrons. The number of hydrogen-bond acceptors (Lipinski definition) is 6. The second kappa shape index (κ2) is 9.55. The molecule has 5 rings (SSSR count). The molecule has 0 bridgehead atoms. The van der Waals surface area contributed by atoms with Gasteiger partial charge in [0.2, 0.25) is 5.91 Å². The molecule has 0 saturated heterocycles. The summed E-state index contributed by atoms with van der Waals surface area (Å²) in [6.07, 6.45) is 6.87. The van der Waals surface area contributed by atoms with Gasteiger partial charge in [-0.2, -0.15) is 5.26 Å². The molecule has 0 spiro atoms. The van der Waals surface area contributed by atoms with E-state index in [1.807, 2.05) is 18.2 Å². The lowest BCUT2D eigenvalue weighted by Gasteiger charge is -2.22. The third-order valence-corrected chi connectivity index (χ3v) is 9.03. The number of aryl methyl sites for hydroxylation is 3. The average molecular weight is 493 g/mol. The highest BCUT2D eigenvalue weighted by molar-refractivity contribution is 7.99. The van der Waals surface area contributed by atoms with Crippen molar-refractivity contribution in [3.63, 3.8) is 0 Å². The largest absolute Gasteiger partial charge is 0.337 e. The first-order valence-electron chi connectivity index (χ1n) is 11.9. The number of thiophene rings is 1. The predicted molar refractivity (Wildman–Crippen MR) is 136 cm³/mol. The number of nitrogens with one attached hydrogen (secondary N) is 1. The Morgan fingerprint density at radius 2 is 2.06 bits per heavy atom. The summed E-state index contributed by atoms with van der Waals surface area (Å²) in [6.45, 7) is 2.31. The molecule has 2 heterocycles. The fourth-order valence-electron chi connectivity index (χ4n) is 4.75. The number of amides is 1. The molecule has 1 aromatic carbocycles. The van der Waals surface area contributed by atoms with Crippen LogP contribution >= 0.6 is 23.1 Å². The minimum Gasteiger partial charge on any atom is -0.337 e. The van der Waals surface area contributed by atoms with Crippen molar-refractivity contribution in [1.29, 1.82) is 5.26 Å². The number of benzene rings is 1. The Bertz CT molecular complexity index is 1320. The van der Waals surface area contributed by atoms with Crippen LogP contribution in [0.1, 0.15) is 48.6 Å². The fraction of sp³-hybridized carbons (Fsp3) is 0.462. The Hall–Kier alpha value is -2.63. The second-order valence-electron chi connectivity index (χ2n) is 9.40. The number of aromatic nitrogens is 2. The molecule has 2 aliphatic carbocycles. The lowest BCUT2D eigenvalue weighted by Crippen LogP contribution is -2.47. The van der Waals surface area contributed by atoms with Gasteiger partial charge < -0.3 is 5.32 Å². The molecule has 1 unspecified atom stereocenters. The fourth-order valence-corrected chi connectivity index (χ4v) is 6.88. The van der Waals surface area contributed by atoms with Crippen LogP contribution < -0.4 is 10.9 Å². The lowest BCUT2D eigenvalue weighted by atomic mass is 9.97. The number of nitrogens with zero attached hydrogens (tertiary/aromatic N) is 3. The number of rotatable bonds is 8. The van der Waals surface area contributed by atoms with Crippen molar-refractivity contribution in [1.82, 2.24) is 14.9 Å². The molecule has 1 fully saturated rings. The maximum atomic E-state index is 13.7. The number of nitriles is 1. The van der Waals surface area contributed by atoms with Crippen LogP contribution in [-0.4, -0.2) is 26.8 Å². The number of hydrogen-bond donors (Lipinski definition) is 1. The quantitative estimate of drug-likeness (QED) is 0.370. The van der Waals surface area contributed by atoms with E-state index in [4.69, 9.17) is 4.98 Å². The van der Waals surface area contributed by atoms with E-state index in [0.717, 1.165) is 54.3 Å². The summed E-state index contributed by atoms with van der Waals surface area (Å²) in [5, 5.41) is 13.8. The van der Waals surface area contributed by atoms with Crippen molar-refractivity contribution in [3.05, 3.63) is 56.7 Å². The van der Waals surface area contributed by atoms with Crippen molar-refractivity contribution >= 4 is 39.2 Å². The molecule has 8 heteroatoms. The van der Waals surface area contributed by atoms with E-state index in [1.54, 1.807) is 22.8 Å². The molecule has 1 atom stereocenters. The summed E-state index contributed by atoms with van der Waals surface area (Å²) in [6, 6.07) is 12.4. The van der Waals surface area contributed by atoms with Crippen LogP contribution in [0.15, 0.2) is 40.3 Å². The summed E-state index contributed by atoms with van der Waals surface area (Å²) >= 11 is 2.92. The first-order chi connectivity index (χ1) is 16.5. The molecular formula is C26H28N4O2S2. The molecule has 34 heavy (non-hydrogen) atoms. The highest BCUT2D eigenvalue weighted by Crippen LogP contribution is 2.39. The molecule has 6 nitrogen and oxygen atoms in total. The SMILES string of the molecule is CC(C#N)(NC(=O)CSc1nc2sc3c(c2c(=O)n1CCc1ccccc1)CCCC3)C1CC1. The van der Waals surface area contributed by atoms with Gasteiger partial charge in [0.05, 0.1) is 17.2 Å². The monoisotopic (exact) mass is 492 g/mol. The van der Waals surface area contributed by atoms with Crippen molar-refractivity contribution in [2.45, 2.75) is 69.1 Å². The van der Waals surface area contributed by atoms with E-state index in [2.05, 4.69) is 23.5 Å². The topological polar surface area (TPSA) is 87.8 Å². The van der Waals surface area contributed by atoms with Gasteiger partial charge in [0, 0.05) is 11.4 Å². The van der Waals surface area contributed by atoms with Crippen molar-refractivity contribution < 1.29 is 4.79 Å². The van der Waals surface area contributed by atoms with Crippen LogP contribution in [0.4, 0.5) is 0 Å². The minimum atomic E-state index is -0.825. The smallest absolute Gasteiger partial charge is 0.263 e. The Kier molecular flexibility index (Phi) is 6.50. The molecule has 2 aliphatic rings. The van der Waals surface area contributed by atoms with Crippen molar-refractivity contribution in [3.8, 4) is 6.07 Å². The van der Waals surface area contributed by atoms with Gasteiger partial charge in [-0.05, 0) is 68.9 Å². The van der Waals surface area contributed by atoms with Gasteiger partial charge in [-0.3, -0.25) is 14.2 Å². The van der Waals surface area contributed by atoms with Crippen molar-refractivity contribution in [2.75, 3.05) is 5.75 Å². The third kappa shape index (κ3) is 4.64. The average Bonchev–Trinajstić information content (AvgIpc) is 3.64. The standard InChI is InChI=1S/C26H28N4O2S2/c1-26(16-27,18-11-12-18)29-21(31)15-33-25-28-23-22(19-9-5-6-10-20(19)34-23)24(32)30(25)14-13-17-7-3-2-4-8-17/h2-4,7-8,18H,5-6,9-15H2,1H3,(H,29,31). The zero-order valence-corrected chi connectivity index (χ0v) is 20.9. The normalized spacial score (nSPS) is 17.1. The highest BCUT2D eigenvalue weighted by atomic mass is 32.2. The summed E-state index contributed by atoms with van der Waals surface area (Å²) in [7, 11) is 0. The number of fused-ring (bicyclic) bond motifs is 3. The molecule has 1 saturated carbocycles. The second-order valence-corrected chi connectivity index (χ2v) is 11.4. The van der Waals surface area contributed by atoms with E-state index >= 15 is 0 Å².